The predicted molar refractivity (Wildman–Crippen MR) is 120 cm³/mol. The summed E-state index contributed by atoms with van der Waals surface area (Å²) in [5, 5.41) is 4.08. The Labute approximate surface area is 178 Å². The molecule has 1 aromatic carbocycles. The summed E-state index contributed by atoms with van der Waals surface area (Å²) in [7, 11) is 1.60. The zero-order chi connectivity index (χ0) is 20.8. The standard InChI is InChI=1S/C21H25N3O3S2/c1-4-14(2)22-18(25)13-28-21-23-19-16(20(26)24(21)10-11-27-3)12-17(29-19)15-8-6-5-7-9-15/h5-9,12,14H,4,10-11,13H2,1-3H3,(H,22,25)/t14-/m0/s1. The normalized spacial score (nSPS) is 12.2. The molecule has 0 aliphatic carbocycles. The van der Waals surface area contributed by atoms with Gasteiger partial charge in [0.25, 0.3) is 5.56 Å². The molecule has 3 aromatic rings. The predicted octanol–water partition coefficient (Wildman–Crippen LogP) is 3.78. The average Bonchev–Trinajstić information content (AvgIpc) is 3.17. The molecular formula is C21H25N3O3S2. The van der Waals surface area contributed by atoms with Crippen LogP contribution in [-0.2, 0) is 16.1 Å². The van der Waals surface area contributed by atoms with Gasteiger partial charge >= 0.3 is 0 Å². The first-order chi connectivity index (χ1) is 14.0. The van der Waals surface area contributed by atoms with E-state index in [-0.39, 0.29) is 23.3 Å². The van der Waals surface area contributed by atoms with E-state index in [4.69, 9.17) is 9.72 Å². The maximum Gasteiger partial charge on any atom is 0.263 e. The summed E-state index contributed by atoms with van der Waals surface area (Å²) in [6.07, 6.45) is 0.872. The summed E-state index contributed by atoms with van der Waals surface area (Å²) in [5.74, 6) is 0.153. The van der Waals surface area contributed by atoms with Gasteiger partial charge in [0.05, 0.1) is 24.3 Å². The summed E-state index contributed by atoms with van der Waals surface area (Å²) < 4.78 is 6.77. The Bertz CT molecular complexity index is 1030. The van der Waals surface area contributed by atoms with Crippen molar-refractivity contribution in [3.63, 3.8) is 0 Å². The van der Waals surface area contributed by atoms with E-state index in [0.717, 1.165) is 16.9 Å². The first-order valence-electron chi connectivity index (χ1n) is 9.54. The van der Waals surface area contributed by atoms with Gasteiger partial charge in [0, 0.05) is 18.0 Å². The minimum absolute atomic E-state index is 0.0619. The number of nitrogens with one attached hydrogen (secondary N) is 1. The highest BCUT2D eigenvalue weighted by atomic mass is 32.2. The Hall–Kier alpha value is -2.16. The number of amides is 1. The van der Waals surface area contributed by atoms with Gasteiger partial charge in [0.15, 0.2) is 5.16 Å². The van der Waals surface area contributed by atoms with Crippen LogP contribution >= 0.6 is 23.1 Å². The van der Waals surface area contributed by atoms with Crippen molar-refractivity contribution in [1.29, 1.82) is 0 Å². The second-order valence-corrected chi connectivity index (χ2v) is 8.68. The van der Waals surface area contributed by atoms with Crippen LogP contribution in [0.15, 0.2) is 46.3 Å². The lowest BCUT2D eigenvalue weighted by Crippen LogP contribution is -2.33. The van der Waals surface area contributed by atoms with Crippen LogP contribution in [0.3, 0.4) is 0 Å². The molecule has 1 atom stereocenters. The van der Waals surface area contributed by atoms with E-state index in [0.29, 0.717) is 28.5 Å². The van der Waals surface area contributed by atoms with Crippen molar-refractivity contribution >= 4 is 39.2 Å². The van der Waals surface area contributed by atoms with Gasteiger partial charge in [-0.2, -0.15) is 0 Å². The van der Waals surface area contributed by atoms with Gasteiger partial charge in [-0.05, 0) is 25.0 Å². The van der Waals surface area contributed by atoms with E-state index in [1.54, 1.807) is 11.7 Å². The van der Waals surface area contributed by atoms with Crippen LogP contribution in [0.2, 0.25) is 0 Å². The number of rotatable bonds is 9. The number of nitrogens with zero attached hydrogens (tertiary/aromatic N) is 2. The number of ether oxygens (including phenoxy) is 1. The number of carbonyl (C=O) groups excluding carboxylic acids is 1. The molecule has 0 spiro atoms. The highest BCUT2D eigenvalue weighted by Gasteiger charge is 2.16. The van der Waals surface area contributed by atoms with Gasteiger partial charge in [-0.25, -0.2) is 4.98 Å². The Kier molecular flexibility index (Phi) is 7.46. The van der Waals surface area contributed by atoms with Crippen molar-refractivity contribution in [3.8, 4) is 10.4 Å². The first kappa shape index (κ1) is 21.5. The van der Waals surface area contributed by atoms with Crippen molar-refractivity contribution in [1.82, 2.24) is 14.9 Å². The SMILES string of the molecule is CC[C@H](C)NC(=O)CSc1nc2sc(-c3ccccc3)cc2c(=O)n1CCOC. The van der Waals surface area contributed by atoms with Crippen LogP contribution in [0.5, 0.6) is 0 Å². The lowest BCUT2D eigenvalue weighted by Gasteiger charge is -2.13. The molecule has 0 unspecified atom stereocenters. The van der Waals surface area contributed by atoms with Gasteiger partial charge in [0.2, 0.25) is 5.91 Å². The number of hydrogen-bond donors (Lipinski definition) is 1. The maximum absolute atomic E-state index is 13.1. The Morgan fingerprint density at radius 2 is 2.10 bits per heavy atom. The molecule has 0 saturated carbocycles. The molecule has 1 amide bonds. The fourth-order valence-corrected chi connectivity index (χ4v) is 4.69. The topological polar surface area (TPSA) is 73.2 Å². The van der Waals surface area contributed by atoms with Crippen molar-refractivity contribution in [2.45, 2.75) is 38.0 Å². The second kappa shape index (κ2) is 10.0. The van der Waals surface area contributed by atoms with Crippen LogP contribution < -0.4 is 10.9 Å². The largest absolute Gasteiger partial charge is 0.383 e. The van der Waals surface area contributed by atoms with Crippen LogP contribution in [-0.4, -0.2) is 41.0 Å². The molecule has 0 radical (unpaired) electrons. The highest BCUT2D eigenvalue weighted by molar-refractivity contribution is 7.99. The van der Waals surface area contributed by atoms with Crippen LogP contribution in [0.1, 0.15) is 20.3 Å². The lowest BCUT2D eigenvalue weighted by molar-refractivity contribution is -0.119. The van der Waals surface area contributed by atoms with Crippen molar-refractivity contribution in [3.05, 3.63) is 46.8 Å². The first-order valence-corrected chi connectivity index (χ1v) is 11.3. The molecule has 0 aliphatic heterocycles. The van der Waals surface area contributed by atoms with E-state index in [1.807, 2.05) is 50.2 Å². The van der Waals surface area contributed by atoms with Crippen molar-refractivity contribution in [2.24, 2.45) is 0 Å². The van der Waals surface area contributed by atoms with Crippen molar-refractivity contribution in [2.75, 3.05) is 19.5 Å². The minimum Gasteiger partial charge on any atom is -0.383 e. The number of thiophene rings is 1. The van der Waals surface area contributed by atoms with E-state index in [2.05, 4.69) is 5.32 Å². The third-order valence-corrected chi connectivity index (χ3v) is 6.60. The minimum atomic E-state index is -0.102. The van der Waals surface area contributed by atoms with Gasteiger partial charge in [-0.3, -0.25) is 14.2 Å². The Morgan fingerprint density at radius 1 is 1.34 bits per heavy atom. The number of thioether (sulfide) groups is 1. The summed E-state index contributed by atoms with van der Waals surface area (Å²) in [4.78, 5) is 31.7. The molecule has 2 aromatic heterocycles. The van der Waals surface area contributed by atoms with E-state index in [1.165, 1.54) is 23.1 Å². The summed E-state index contributed by atoms with van der Waals surface area (Å²) >= 11 is 2.77. The third-order valence-electron chi connectivity index (χ3n) is 4.55. The zero-order valence-corrected chi connectivity index (χ0v) is 18.4. The number of aromatic nitrogens is 2. The number of carbonyl (C=O) groups is 1. The third kappa shape index (κ3) is 5.26. The number of benzene rings is 1. The summed E-state index contributed by atoms with van der Waals surface area (Å²) in [5.41, 5.74) is 0.954. The highest BCUT2D eigenvalue weighted by Crippen LogP contribution is 2.32. The molecule has 6 nitrogen and oxygen atoms in total. The van der Waals surface area contributed by atoms with Gasteiger partial charge < -0.3 is 10.1 Å². The monoisotopic (exact) mass is 431 g/mol. The van der Waals surface area contributed by atoms with E-state index < -0.39 is 0 Å². The number of methoxy groups -OCH3 is 1. The molecule has 0 bridgehead atoms. The Morgan fingerprint density at radius 3 is 2.79 bits per heavy atom. The van der Waals surface area contributed by atoms with Crippen LogP contribution in [0.25, 0.3) is 20.7 Å². The van der Waals surface area contributed by atoms with E-state index in [9.17, 15) is 9.59 Å². The van der Waals surface area contributed by atoms with Gasteiger partial charge in [-0.1, -0.05) is 49.0 Å². The lowest BCUT2D eigenvalue weighted by atomic mass is 10.2. The van der Waals surface area contributed by atoms with Crippen LogP contribution in [0.4, 0.5) is 0 Å². The average molecular weight is 432 g/mol. The molecule has 2 heterocycles. The van der Waals surface area contributed by atoms with E-state index >= 15 is 0 Å². The molecule has 3 rings (SSSR count). The summed E-state index contributed by atoms with van der Waals surface area (Å²) in [6, 6.07) is 12.0. The number of fused-ring (bicyclic) bond motifs is 1. The number of hydrogen-bond acceptors (Lipinski definition) is 6. The molecule has 29 heavy (non-hydrogen) atoms. The van der Waals surface area contributed by atoms with Gasteiger partial charge in [-0.15, -0.1) is 11.3 Å². The Balaban J connectivity index is 1.94. The molecular weight excluding hydrogens is 406 g/mol. The summed E-state index contributed by atoms with van der Waals surface area (Å²) in [6.45, 7) is 4.79. The zero-order valence-electron chi connectivity index (χ0n) is 16.8. The molecule has 1 N–H and O–H groups in total. The maximum atomic E-state index is 13.1. The fourth-order valence-electron chi connectivity index (χ4n) is 2.78. The second-order valence-electron chi connectivity index (χ2n) is 6.70. The molecule has 8 heteroatoms. The van der Waals surface area contributed by atoms with Gasteiger partial charge in [0.1, 0.15) is 4.83 Å². The molecule has 0 aliphatic rings. The molecule has 154 valence electrons. The molecule has 0 fully saturated rings. The quantitative estimate of drug-likeness (QED) is 0.412. The van der Waals surface area contributed by atoms with Crippen molar-refractivity contribution < 1.29 is 9.53 Å². The van der Waals surface area contributed by atoms with Crippen LogP contribution in [0, 0.1) is 0 Å². The fraction of sp³-hybridized carbons (Fsp3) is 0.381. The molecule has 0 saturated heterocycles. The smallest absolute Gasteiger partial charge is 0.263 e.